The quantitative estimate of drug-likeness (QED) is 0.730. The van der Waals surface area contributed by atoms with Gasteiger partial charge in [0.1, 0.15) is 5.82 Å². The predicted octanol–water partition coefficient (Wildman–Crippen LogP) is 2.07. The van der Waals surface area contributed by atoms with Crippen molar-refractivity contribution in [3.8, 4) is 0 Å². The molecule has 0 aliphatic rings. The minimum atomic E-state index is 0.422. The van der Waals surface area contributed by atoms with Gasteiger partial charge in [-0.2, -0.15) is 0 Å². The van der Waals surface area contributed by atoms with Gasteiger partial charge in [0.25, 0.3) is 0 Å². The van der Waals surface area contributed by atoms with E-state index >= 15 is 0 Å². The molecule has 0 radical (unpaired) electrons. The van der Waals surface area contributed by atoms with Crippen LogP contribution in [0.25, 0.3) is 0 Å². The maximum Gasteiger partial charge on any atom is 0.125 e. The van der Waals surface area contributed by atoms with Gasteiger partial charge in [-0.05, 0) is 24.8 Å². The SMILES string of the molecule is CCC(C)c1nc(N)cc(N)c1C. The van der Waals surface area contributed by atoms with Crippen molar-refractivity contribution in [1.29, 1.82) is 0 Å². The van der Waals surface area contributed by atoms with Crippen LogP contribution in [-0.4, -0.2) is 4.98 Å². The van der Waals surface area contributed by atoms with E-state index in [1.165, 1.54) is 0 Å². The summed E-state index contributed by atoms with van der Waals surface area (Å²) in [5.74, 6) is 0.934. The van der Waals surface area contributed by atoms with Gasteiger partial charge in [0, 0.05) is 11.8 Å². The third-order valence-electron chi connectivity index (χ3n) is 2.45. The molecule has 3 heteroatoms. The van der Waals surface area contributed by atoms with Crippen molar-refractivity contribution in [1.82, 2.24) is 4.98 Å². The summed E-state index contributed by atoms with van der Waals surface area (Å²) in [6, 6.07) is 1.71. The molecule has 1 unspecified atom stereocenters. The van der Waals surface area contributed by atoms with Crippen LogP contribution in [0.4, 0.5) is 11.5 Å². The second-order valence-corrected chi connectivity index (χ2v) is 3.46. The second kappa shape index (κ2) is 3.64. The highest BCUT2D eigenvalue weighted by Gasteiger charge is 2.10. The maximum atomic E-state index is 5.79. The first kappa shape index (κ1) is 9.84. The van der Waals surface area contributed by atoms with E-state index in [-0.39, 0.29) is 0 Å². The van der Waals surface area contributed by atoms with Crippen LogP contribution in [0, 0.1) is 6.92 Å². The van der Waals surface area contributed by atoms with E-state index in [1.54, 1.807) is 6.07 Å². The Morgan fingerprint density at radius 3 is 2.62 bits per heavy atom. The van der Waals surface area contributed by atoms with E-state index in [1.807, 2.05) is 6.92 Å². The molecule has 0 saturated carbocycles. The van der Waals surface area contributed by atoms with E-state index < -0.39 is 0 Å². The number of hydrogen-bond donors (Lipinski definition) is 2. The van der Waals surface area contributed by atoms with Gasteiger partial charge in [0.2, 0.25) is 0 Å². The molecule has 72 valence electrons. The Morgan fingerprint density at radius 1 is 1.46 bits per heavy atom. The van der Waals surface area contributed by atoms with E-state index in [4.69, 9.17) is 11.5 Å². The van der Waals surface area contributed by atoms with Crippen molar-refractivity contribution in [2.24, 2.45) is 0 Å². The molecule has 4 N–H and O–H groups in total. The number of nitrogen functional groups attached to an aromatic ring is 2. The molecule has 0 aromatic carbocycles. The fraction of sp³-hybridized carbons (Fsp3) is 0.500. The van der Waals surface area contributed by atoms with Crippen molar-refractivity contribution >= 4 is 11.5 Å². The third kappa shape index (κ3) is 1.91. The van der Waals surface area contributed by atoms with Gasteiger partial charge >= 0.3 is 0 Å². The monoisotopic (exact) mass is 179 g/mol. The highest BCUT2D eigenvalue weighted by molar-refractivity contribution is 5.55. The molecule has 0 aliphatic heterocycles. The first-order valence-corrected chi connectivity index (χ1v) is 4.58. The molecule has 1 atom stereocenters. The number of nitrogens with two attached hydrogens (primary N) is 2. The van der Waals surface area contributed by atoms with Crippen molar-refractivity contribution in [3.63, 3.8) is 0 Å². The molecule has 13 heavy (non-hydrogen) atoms. The largest absolute Gasteiger partial charge is 0.398 e. The van der Waals surface area contributed by atoms with Gasteiger partial charge in [-0.25, -0.2) is 4.98 Å². The van der Waals surface area contributed by atoms with Crippen LogP contribution in [-0.2, 0) is 0 Å². The van der Waals surface area contributed by atoms with E-state index in [9.17, 15) is 0 Å². The van der Waals surface area contributed by atoms with Crippen LogP contribution in [0.2, 0.25) is 0 Å². The molecule has 0 spiro atoms. The van der Waals surface area contributed by atoms with Crippen LogP contribution in [0.1, 0.15) is 37.4 Å². The molecule has 1 aromatic heterocycles. The zero-order valence-corrected chi connectivity index (χ0v) is 8.46. The Labute approximate surface area is 79.2 Å². The molecule has 1 aromatic rings. The molecule has 1 rings (SSSR count). The first-order chi connectivity index (χ1) is 6.06. The summed E-state index contributed by atoms with van der Waals surface area (Å²) in [5, 5.41) is 0. The van der Waals surface area contributed by atoms with Gasteiger partial charge in [-0.1, -0.05) is 13.8 Å². The van der Waals surface area contributed by atoms with Crippen molar-refractivity contribution in [2.75, 3.05) is 11.5 Å². The van der Waals surface area contributed by atoms with E-state index in [0.717, 1.165) is 23.4 Å². The lowest BCUT2D eigenvalue weighted by Gasteiger charge is -2.13. The Balaban J connectivity index is 3.20. The van der Waals surface area contributed by atoms with Gasteiger partial charge in [0.05, 0.1) is 5.69 Å². The molecule has 0 bridgehead atoms. The van der Waals surface area contributed by atoms with Crippen LogP contribution < -0.4 is 11.5 Å². The highest BCUT2D eigenvalue weighted by atomic mass is 14.9. The summed E-state index contributed by atoms with van der Waals surface area (Å²) in [4.78, 5) is 4.30. The standard InChI is InChI=1S/C10H17N3/c1-4-6(2)10-7(3)8(11)5-9(12)13-10/h5-6H,4H2,1-3H3,(H4,11,12,13). The normalized spacial score (nSPS) is 12.8. The summed E-state index contributed by atoms with van der Waals surface area (Å²) >= 11 is 0. The number of nitrogens with zero attached hydrogens (tertiary/aromatic N) is 1. The van der Waals surface area contributed by atoms with Crippen LogP contribution in [0.15, 0.2) is 6.07 Å². The molecular weight excluding hydrogens is 162 g/mol. The number of aromatic nitrogens is 1. The third-order valence-corrected chi connectivity index (χ3v) is 2.45. The lowest BCUT2D eigenvalue weighted by Crippen LogP contribution is -2.05. The summed E-state index contributed by atoms with van der Waals surface area (Å²) in [6.07, 6.45) is 1.05. The average Bonchev–Trinajstić information content (AvgIpc) is 2.10. The van der Waals surface area contributed by atoms with Crippen LogP contribution in [0.3, 0.4) is 0 Å². The summed E-state index contributed by atoms with van der Waals surface area (Å²) in [6.45, 7) is 6.25. The Morgan fingerprint density at radius 2 is 2.08 bits per heavy atom. The van der Waals surface area contributed by atoms with Gasteiger partial charge < -0.3 is 11.5 Å². The van der Waals surface area contributed by atoms with Crippen molar-refractivity contribution in [2.45, 2.75) is 33.1 Å². The lowest BCUT2D eigenvalue weighted by atomic mass is 9.99. The van der Waals surface area contributed by atoms with E-state index in [2.05, 4.69) is 18.8 Å². The van der Waals surface area contributed by atoms with Crippen molar-refractivity contribution < 1.29 is 0 Å². The smallest absolute Gasteiger partial charge is 0.125 e. The van der Waals surface area contributed by atoms with Gasteiger partial charge in [-0.3, -0.25) is 0 Å². The summed E-state index contributed by atoms with van der Waals surface area (Å²) in [5.41, 5.74) is 14.2. The zero-order chi connectivity index (χ0) is 10.0. The maximum absolute atomic E-state index is 5.79. The number of hydrogen-bond acceptors (Lipinski definition) is 3. The van der Waals surface area contributed by atoms with Crippen molar-refractivity contribution in [3.05, 3.63) is 17.3 Å². The Kier molecular flexibility index (Phi) is 2.76. The zero-order valence-electron chi connectivity index (χ0n) is 8.46. The second-order valence-electron chi connectivity index (χ2n) is 3.46. The summed E-state index contributed by atoms with van der Waals surface area (Å²) < 4.78 is 0. The van der Waals surface area contributed by atoms with Gasteiger partial charge in [0.15, 0.2) is 0 Å². The minimum absolute atomic E-state index is 0.422. The number of anilines is 2. The summed E-state index contributed by atoms with van der Waals surface area (Å²) in [7, 11) is 0. The minimum Gasteiger partial charge on any atom is -0.398 e. The first-order valence-electron chi connectivity index (χ1n) is 4.58. The molecule has 0 amide bonds. The van der Waals surface area contributed by atoms with Crippen LogP contribution in [0.5, 0.6) is 0 Å². The van der Waals surface area contributed by atoms with Crippen LogP contribution >= 0.6 is 0 Å². The lowest BCUT2D eigenvalue weighted by molar-refractivity contribution is 0.704. The Hall–Kier alpha value is -1.25. The number of rotatable bonds is 2. The predicted molar refractivity (Wildman–Crippen MR) is 56.5 cm³/mol. The fourth-order valence-corrected chi connectivity index (χ4v) is 1.34. The van der Waals surface area contributed by atoms with Gasteiger partial charge in [-0.15, -0.1) is 0 Å². The Bertz CT molecular complexity index is 307. The molecule has 0 fully saturated rings. The molecule has 0 saturated heterocycles. The molecule has 1 heterocycles. The topological polar surface area (TPSA) is 64.9 Å². The number of pyridine rings is 1. The average molecular weight is 179 g/mol. The molecule has 0 aliphatic carbocycles. The molecular formula is C10H17N3. The highest BCUT2D eigenvalue weighted by Crippen LogP contribution is 2.25. The molecule has 3 nitrogen and oxygen atoms in total. The fourth-order valence-electron chi connectivity index (χ4n) is 1.34. The van der Waals surface area contributed by atoms with E-state index in [0.29, 0.717) is 11.7 Å².